The van der Waals surface area contributed by atoms with E-state index in [1.165, 1.54) is 10.7 Å². The monoisotopic (exact) mass is 323 g/mol. The Kier molecular flexibility index (Phi) is 3.71. The lowest BCUT2D eigenvalue weighted by Gasteiger charge is -2.29. The van der Waals surface area contributed by atoms with Crippen molar-refractivity contribution in [3.63, 3.8) is 0 Å². The fourth-order valence-corrected chi connectivity index (χ4v) is 3.80. The van der Waals surface area contributed by atoms with E-state index in [0.29, 0.717) is 6.54 Å². The first-order valence-electron chi connectivity index (χ1n) is 8.59. The minimum absolute atomic E-state index is 0.0614. The molecule has 0 N–H and O–H groups in total. The van der Waals surface area contributed by atoms with Crippen molar-refractivity contribution < 1.29 is 4.79 Å². The van der Waals surface area contributed by atoms with Crippen LogP contribution < -0.4 is 5.56 Å². The van der Waals surface area contributed by atoms with Gasteiger partial charge in [0.1, 0.15) is 0 Å². The van der Waals surface area contributed by atoms with Gasteiger partial charge >= 0.3 is 0 Å². The van der Waals surface area contributed by atoms with Gasteiger partial charge in [-0.3, -0.25) is 9.59 Å². The molecule has 2 fully saturated rings. The van der Waals surface area contributed by atoms with E-state index in [2.05, 4.69) is 17.2 Å². The molecule has 5 heteroatoms. The topological polar surface area (TPSA) is 55.2 Å². The largest absolute Gasteiger partial charge is 0.337 e. The normalized spacial score (nSPS) is 21.7. The molecule has 2 heterocycles. The second-order valence-electron chi connectivity index (χ2n) is 6.79. The summed E-state index contributed by atoms with van der Waals surface area (Å²) >= 11 is 0. The highest BCUT2D eigenvalue weighted by Gasteiger charge is 2.54. The summed E-state index contributed by atoms with van der Waals surface area (Å²) in [5.74, 6) is 0.222. The lowest BCUT2D eigenvalue weighted by Crippen LogP contribution is -2.45. The SMILES string of the molecule is O=C(N1CCCC1Cn1ncccc1=O)C1(c2ccccc2)CC1. The number of hydrogen-bond acceptors (Lipinski definition) is 3. The number of likely N-dealkylation sites (tertiary alicyclic amines) is 1. The standard InChI is InChI=1S/C19H21N3O2/c23-17-9-4-12-20-22(17)14-16-8-5-13-21(16)18(24)19(10-11-19)15-6-2-1-3-7-15/h1-4,6-7,9,12,16H,5,8,10-11,13-14H2. The van der Waals surface area contributed by atoms with E-state index in [9.17, 15) is 9.59 Å². The summed E-state index contributed by atoms with van der Waals surface area (Å²) in [4.78, 5) is 27.1. The molecule has 1 unspecified atom stereocenters. The summed E-state index contributed by atoms with van der Waals surface area (Å²) in [6, 6.07) is 13.3. The van der Waals surface area contributed by atoms with Gasteiger partial charge in [0.05, 0.1) is 18.0 Å². The van der Waals surface area contributed by atoms with E-state index in [1.807, 2.05) is 23.1 Å². The third-order valence-corrected chi connectivity index (χ3v) is 5.29. The molecule has 2 aliphatic rings. The number of nitrogens with zero attached hydrogens (tertiary/aromatic N) is 3. The number of hydrogen-bond donors (Lipinski definition) is 0. The number of carbonyl (C=O) groups is 1. The van der Waals surface area contributed by atoms with Gasteiger partial charge in [0.15, 0.2) is 0 Å². The fourth-order valence-electron chi connectivity index (χ4n) is 3.80. The summed E-state index contributed by atoms with van der Waals surface area (Å²) in [6.07, 6.45) is 5.38. The average molecular weight is 323 g/mol. The second-order valence-corrected chi connectivity index (χ2v) is 6.79. The Morgan fingerprint density at radius 1 is 1.17 bits per heavy atom. The van der Waals surface area contributed by atoms with E-state index in [-0.39, 0.29) is 22.9 Å². The third-order valence-electron chi connectivity index (χ3n) is 5.29. The Bertz CT molecular complexity index is 796. The van der Waals surface area contributed by atoms with Crippen LogP contribution in [0.4, 0.5) is 0 Å². The van der Waals surface area contributed by atoms with Crippen molar-refractivity contribution in [2.24, 2.45) is 0 Å². The Morgan fingerprint density at radius 3 is 2.67 bits per heavy atom. The lowest BCUT2D eigenvalue weighted by atomic mass is 9.94. The van der Waals surface area contributed by atoms with Crippen molar-refractivity contribution in [2.75, 3.05) is 6.54 Å². The highest BCUT2D eigenvalue weighted by atomic mass is 16.2. The van der Waals surface area contributed by atoms with Gasteiger partial charge in [-0.25, -0.2) is 4.68 Å². The quantitative estimate of drug-likeness (QED) is 0.864. The summed E-state index contributed by atoms with van der Waals surface area (Å²) < 4.78 is 1.47. The number of carbonyl (C=O) groups excluding carboxylic acids is 1. The molecule has 1 aliphatic heterocycles. The van der Waals surface area contributed by atoms with Gasteiger partial charge < -0.3 is 4.90 Å². The minimum atomic E-state index is -0.334. The molecule has 1 amide bonds. The maximum absolute atomic E-state index is 13.2. The van der Waals surface area contributed by atoms with E-state index < -0.39 is 0 Å². The van der Waals surface area contributed by atoms with Gasteiger partial charge in [-0.1, -0.05) is 30.3 Å². The van der Waals surface area contributed by atoms with Crippen molar-refractivity contribution in [2.45, 2.75) is 43.7 Å². The van der Waals surface area contributed by atoms with Crippen LogP contribution in [0.25, 0.3) is 0 Å². The zero-order valence-corrected chi connectivity index (χ0v) is 13.6. The van der Waals surface area contributed by atoms with Crippen LogP contribution in [0.5, 0.6) is 0 Å². The molecule has 1 aromatic heterocycles. The molecule has 1 aliphatic carbocycles. The molecule has 24 heavy (non-hydrogen) atoms. The zero-order chi connectivity index (χ0) is 16.6. The molecule has 0 spiro atoms. The van der Waals surface area contributed by atoms with Gasteiger partial charge in [0.2, 0.25) is 5.91 Å². The summed E-state index contributed by atoms with van der Waals surface area (Å²) in [5, 5.41) is 4.14. The van der Waals surface area contributed by atoms with Gasteiger partial charge in [-0.15, -0.1) is 0 Å². The highest BCUT2D eigenvalue weighted by molar-refractivity contribution is 5.91. The fraction of sp³-hybridized carbons (Fsp3) is 0.421. The lowest BCUT2D eigenvalue weighted by molar-refractivity contribution is -0.135. The van der Waals surface area contributed by atoms with E-state index in [1.54, 1.807) is 12.3 Å². The molecule has 5 nitrogen and oxygen atoms in total. The maximum Gasteiger partial charge on any atom is 0.266 e. The van der Waals surface area contributed by atoms with Crippen molar-refractivity contribution in [3.8, 4) is 0 Å². The molecular formula is C19H21N3O2. The van der Waals surface area contributed by atoms with Crippen molar-refractivity contribution in [3.05, 3.63) is 64.6 Å². The Balaban J connectivity index is 1.56. The molecule has 0 bridgehead atoms. The number of benzene rings is 1. The van der Waals surface area contributed by atoms with Crippen LogP contribution in [0, 0.1) is 0 Å². The van der Waals surface area contributed by atoms with Crippen LogP contribution in [0.1, 0.15) is 31.2 Å². The van der Waals surface area contributed by atoms with Crippen molar-refractivity contribution in [1.82, 2.24) is 14.7 Å². The first kappa shape index (κ1) is 15.1. The predicted octanol–water partition coefficient (Wildman–Crippen LogP) is 1.97. The summed E-state index contributed by atoms with van der Waals surface area (Å²) in [7, 11) is 0. The molecule has 124 valence electrons. The Labute approximate surface area is 140 Å². The maximum atomic E-state index is 13.2. The Hall–Kier alpha value is -2.43. The van der Waals surface area contributed by atoms with Crippen LogP contribution in [-0.2, 0) is 16.8 Å². The van der Waals surface area contributed by atoms with Crippen LogP contribution in [0.15, 0.2) is 53.5 Å². The van der Waals surface area contributed by atoms with E-state index in [0.717, 1.165) is 37.8 Å². The predicted molar refractivity (Wildman–Crippen MR) is 90.6 cm³/mol. The number of amides is 1. The first-order valence-corrected chi connectivity index (χ1v) is 8.59. The van der Waals surface area contributed by atoms with Gasteiger partial charge in [0, 0.05) is 18.8 Å². The molecule has 0 radical (unpaired) electrons. The number of rotatable bonds is 4. The molecule has 2 aromatic rings. The van der Waals surface area contributed by atoms with E-state index >= 15 is 0 Å². The van der Waals surface area contributed by atoms with Gasteiger partial charge in [0.25, 0.3) is 5.56 Å². The average Bonchev–Trinajstić information content (AvgIpc) is 3.31. The highest BCUT2D eigenvalue weighted by Crippen LogP contribution is 2.50. The van der Waals surface area contributed by atoms with Crippen LogP contribution in [0.2, 0.25) is 0 Å². The second kappa shape index (κ2) is 5.89. The van der Waals surface area contributed by atoms with Crippen LogP contribution in [0.3, 0.4) is 0 Å². The zero-order valence-electron chi connectivity index (χ0n) is 13.6. The molecular weight excluding hydrogens is 302 g/mol. The Morgan fingerprint density at radius 2 is 1.96 bits per heavy atom. The molecule has 1 saturated carbocycles. The smallest absolute Gasteiger partial charge is 0.266 e. The van der Waals surface area contributed by atoms with Gasteiger partial charge in [-0.2, -0.15) is 5.10 Å². The van der Waals surface area contributed by atoms with Crippen molar-refractivity contribution >= 4 is 5.91 Å². The molecule has 4 rings (SSSR count). The molecule has 1 saturated heterocycles. The van der Waals surface area contributed by atoms with Crippen molar-refractivity contribution in [1.29, 1.82) is 0 Å². The molecule has 1 aromatic carbocycles. The summed E-state index contributed by atoms with van der Waals surface area (Å²) in [6.45, 7) is 1.26. The third kappa shape index (κ3) is 2.54. The molecule has 1 atom stereocenters. The first-order chi connectivity index (χ1) is 11.7. The minimum Gasteiger partial charge on any atom is -0.337 e. The number of aromatic nitrogens is 2. The summed E-state index contributed by atoms with van der Waals surface area (Å²) in [5.41, 5.74) is 0.676. The van der Waals surface area contributed by atoms with E-state index in [4.69, 9.17) is 0 Å². The van der Waals surface area contributed by atoms with Crippen LogP contribution >= 0.6 is 0 Å². The van der Waals surface area contributed by atoms with Crippen LogP contribution in [-0.4, -0.2) is 33.2 Å². The van der Waals surface area contributed by atoms with Gasteiger partial charge in [-0.05, 0) is 37.3 Å².